The van der Waals surface area contributed by atoms with Crippen LogP contribution in [0.4, 0.5) is 5.69 Å². The molecule has 20 heavy (non-hydrogen) atoms. The number of nitrogens with one attached hydrogen (secondary N) is 1. The van der Waals surface area contributed by atoms with Gasteiger partial charge in [0, 0.05) is 11.3 Å². The summed E-state index contributed by atoms with van der Waals surface area (Å²) in [6.07, 6.45) is 3.52. The zero-order valence-electron chi connectivity index (χ0n) is 12.0. The zero-order valence-corrected chi connectivity index (χ0v) is 12.0. The van der Waals surface area contributed by atoms with Crippen LogP contribution in [0.3, 0.4) is 0 Å². The number of benzene rings is 2. The molecule has 2 aromatic rings. The van der Waals surface area contributed by atoms with E-state index >= 15 is 0 Å². The smallest absolute Gasteiger partial charge is 0.255 e. The van der Waals surface area contributed by atoms with Gasteiger partial charge in [0.25, 0.3) is 5.91 Å². The summed E-state index contributed by atoms with van der Waals surface area (Å²) in [5.41, 5.74) is 6.66. The number of rotatable bonds is 2. The normalized spacial score (nSPS) is 13.1. The highest BCUT2D eigenvalue weighted by molar-refractivity contribution is 6.04. The molecule has 0 bridgehead atoms. The van der Waals surface area contributed by atoms with Gasteiger partial charge in [-0.3, -0.25) is 4.79 Å². The van der Waals surface area contributed by atoms with Crippen LogP contribution in [0.25, 0.3) is 0 Å². The maximum Gasteiger partial charge on any atom is 0.255 e. The van der Waals surface area contributed by atoms with Crippen molar-refractivity contribution in [3.05, 3.63) is 64.2 Å². The topological polar surface area (TPSA) is 29.1 Å². The third-order valence-electron chi connectivity index (χ3n) is 3.84. The molecule has 0 fully saturated rings. The van der Waals surface area contributed by atoms with Gasteiger partial charge in [-0.25, -0.2) is 0 Å². The molecule has 0 heterocycles. The first-order valence-electron chi connectivity index (χ1n) is 7.13. The van der Waals surface area contributed by atoms with E-state index in [9.17, 15) is 4.79 Å². The molecule has 1 N–H and O–H groups in total. The van der Waals surface area contributed by atoms with Gasteiger partial charge in [0.1, 0.15) is 0 Å². The maximum atomic E-state index is 12.3. The van der Waals surface area contributed by atoms with Crippen molar-refractivity contribution in [3.8, 4) is 0 Å². The summed E-state index contributed by atoms with van der Waals surface area (Å²) in [6, 6.07) is 12.2. The van der Waals surface area contributed by atoms with E-state index in [4.69, 9.17) is 0 Å². The molecular formula is C18H19NO. The van der Waals surface area contributed by atoms with Crippen molar-refractivity contribution in [3.63, 3.8) is 0 Å². The lowest BCUT2D eigenvalue weighted by Crippen LogP contribution is -2.12. The van der Waals surface area contributed by atoms with Crippen LogP contribution in [-0.4, -0.2) is 5.91 Å². The molecule has 0 aliphatic heterocycles. The van der Waals surface area contributed by atoms with Gasteiger partial charge in [0.2, 0.25) is 0 Å². The minimum atomic E-state index is -0.0326. The molecule has 0 unspecified atom stereocenters. The lowest BCUT2D eigenvalue weighted by Gasteiger charge is -2.09. The van der Waals surface area contributed by atoms with Crippen molar-refractivity contribution in [2.75, 3.05) is 5.32 Å². The van der Waals surface area contributed by atoms with Crippen molar-refractivity contribution >= 4 is 11.6 Å². The van der Waals surface area contributed by atoms with Crippen LogP contribution >= 0.6 is 0 Å². The monoisotopic (exact) mass is 265 g/mol. The summed E-state index contributed by atoms with van der Waals surface area (Å²) in [5, 5.41) is 3.00. The zero-order chi connectivity index (χ0) is 14.1. The first kappa shape index (κ1) is 12.9. The van der Waals surface area contributed by atoms with Crippen LogP contribution in [-0.2, 0) is 12.8 Å². The average Bonchev–Trinajstić information content (AvgIpc) is 2.85. The number of carbonyl (C=O) groups excluding carboxylic acids is 1. The average molecular weight is 265 g/mol. The van der Waals surface area contributed by atoms with Gasteiger partial charge in [0.05, 0.1) is 0 Å². The minimum absolute atomic E-state index is 0.0326. The van der Waals surface area contributed by atoms with Crippen LogP contribution in [0.2, 0.25) is 0 Å². The number of carbonyl (C=O) groups is 1. The number of hydrogen-bond acceptors (Lipinski definition) is 1. The molecule has 0 saturated carbocycles. The van der Waals surface area contributed by atoms with Crippen molar-refractivity contribution < 1.29 is 4.79 Å². The molecule has 1 aliphatic rings. The molecule has 0 saturated heterocycles. The van der Waals surface area contributed by atoms with Crippen molar-refractivity contribution in [2.45, 2.75) is 33.1 Å². The largest absolute Gasteiger partial charge is 0.322 e. The predicted octanol–water partition coefficient (Wildman–Crippen LogP) is 4.04. The summed E-state index contributed by atoms with van der Waals surface area (Å²) in [4.78, 5) is 12.3. The van der Waals surface area contributed by atoms with Gasteiger partial charge >= 0.3 is 0 Å². The summed E-state index contributed by atoms with van der Waals surface area (Å²) >= 11 is 0. The van der Waals surface area contributed by atoms with E-state index in [1.165, 1.54) is 24.0 Å². The summed E-state index contributed by atoms with van der Waals surface area (Å²) < 4.78 is 0. The van der Waals surface area contributed by atoms with E-state index in [-0.39, 0.29) is 5.91 Å². The highest BCUT2D eigenvalue weighted by Crippen LogP contribution is 2.25. The molecular weight excluding hydrogens is 246 g/mol. The lowest BCUT2D eigenvalue weighted by atomic mass is 10.1. The van der Waals surface area contributed by atoms with E-state index in [0.717, 1.165) is 28.8 Å². The fourth-order valence-electron chi connectivity index (χ4n) is 2.96. The fourth-order valence-corrected chi connectivity index (χ4v) is 2.96. The van der Waals surface area contributed by atoms with Crippen molar-refractivity contribution in [2.24, 2.45) is 0 Å². The molecule has 1 amide bonds. The van der Waals surface area contributed by atoms with Gasteiger partial charge in [-0.2, -0.15) is 0 Å². The summed E-state index contributed by atoms with van der Waals surface area (Å²) in [5.74, 6) is -0.0326. The van der Waals surface area contributed by atoms with Crippen molar-refractivity contribution in [1.82, 2.24) is 0 Å². The quantitative estimate of drug-likeness (QED) is 0.872. The first-order chi connectivity index (χ1) is 9.61. The van der Waals surface area contributed by atoms with Crippen LogP contribution < -0.4 is 5.32 Å². The highest BCUT2D eigenvalue weighted by atomic mass is 16.1. The maximum absolute atomic E-state index is 12.3. The number of anilines is 1. The molecule has 2 aromatic carbocycles. The van der Waals surface area contributed by atoms with E-state index in [2.05, 4.69) is 23.5 Å². The Morgan fingerprint density at radius 2 is 1.65 bits per heavy atom. The molecule has 3 rings (SSSR count). The Kier molecular flexibility index (Phi) is 3.31. The second-order valence-corrected chi connectivity index (χ2v) is 5.67. The first-order valence-corrected chi connectivity index (χ1v) is 7.13. The van der Waals surface area contributed by atoms with Crippen LogP contribution in [0.1, 0.15) is 39.0 Å². The Bertz CT molecular complexity index is 653. The Morgan fingerprint density at radius 1 is 0.950 bits per heavy atom. The summed E-state index contributed by atoms with van der Waals surface area (Å²) in [7, 11) is 0. The second-order valence-electron chi connectivity index (χ2n) is 5.67. The summed E-state index contributed by atoms with van der Waals surface area (Å²) in [6.45, 7) is 4.03. The highest BCUT2D eigenvalue weighted by Gasteiger charge is 2.12. The van der Waals surface area contributed by atoms with E-state index in [1.54, 1.807) is 0 Å². The Hall–Kier alpha value is -2.09. The Labute approximate surface area is 119 Å². The SMILES string of the molecule is Cc1cc(C)cc(C(=O)Nc2ccc3c(c2)CCC3)c1. The fraction of sp³-hybridized carbons (Fsp3) is 0.278. The predicted molar refractivity (Wildman–Crippen MR) is 82.3 cm³/mol. The number of hydrogen-bond donors (Lipinski definition) is 1. The minimum Gasteiger partial charge on any atom is -0.322 e. The van der Waals surface area contributed by atoms with Gasteiger partial charge in [-0.05, 0) is 68.5 Å². The van der Waals surface area contributed by atoms with Crippen LogP contribution in [0.15, 0.2) is 36.4 Å². The van der Waals surface area contributed by atoms with E-state index in [1.807, 2.05) is 32.0 Å². The molecule has 2 nitrogen and oxygen atoms in total. The standard InChI is InChI=1S/C18H19NO/c1-12-8-13(2)10-16(9-12)18(20)19-17-7-6-14-4-3-5-15(14)11-17/h6-11H,3-5H2,1-2H3,(H,19,20). The molecule has 1 aliphatic carbocycles. The molecule has 0 spiro atoms. The Balaban J connectivity index is 1.82. The van der Waals surface area contributed by atoms with E-state index in [0.29, 0.717) is 0 Å². The van der Waals surface area contributed by atoms with Gasteiger partial charge < -0.3 is 5.32 Å². The Morgan fingerprint density at radius 3 is 2.40 bits per heavy atom. The third-order valence-corrected chi connectivity index (χ3v) is 3.84. The van der Waals surface area contributed by atoms with Crippen LogP contribution in [0, 0.1) is 13.8 Å². The molecule has 0 radical (unpaired) electrons. The number of aryl methyl sites for hydroxylation is 4. The molecule has 0 atom stereocenters. The van der Waals surface area contributed by atoms with E-state index < -0.39 is 0 Å². The number of amides is 1. The molecule has 102 valence electrons. The van der Waals surface area contributed by atoms with Gasteiger partial charge in [0.15, 0.2) is 0 Å². The second kappa shape index (κ2) is 5.12. The third kappa shape index (κ3) is 2.60. The van der Waals surface area contributed by atoms with Gasteiger partial charge in [-0.1, -0.05) is 23.3 Å². The number of fused-ring (bicyclic) bond motifs is 1. The lowest BCUT2D eigenvalue weighted by molar-refractivity contribution is 0.102. The van der Waals surface area contributed by atoms with Crippen LogP contribution in [0.5, 0.6) is 0 Å². The molecule has 0 aromatic heterocycles. The van der Waals surface area contributed by atoms with Crippen molar-refractivity contribution in [1.29, 1.82) is 0 Å². The molecule has 2 heteroatoms. The van der Waals surface area contributed by atoms with Gasteiger partial charge in [-0.15, -0.1) is 0 Å².